The van der Waals surface area contributed by atoms with Gasteiger partial charge in [-0.05, 0) is 13.8 Å². The number of epoxide rings is 1. The number of benzene rings is 1. The van der Waals surface area contributed by atoms with E-state index in [1.807, 2.05) is 19.9 Å². The zero-order chi connectivity index (χ0) is 12.9. The third-order valence-corrected chi connectivity index (χ3v) is 3.57. The second-order valence-electron chi connectivity index (χ2n) is 5.11. The summed E-state index contributed by atoms with van der Waals surface area (Å²) >= 11 is 0. The number of carbonyl (C=O) groups excluding carboxylic acids is 2. The van der Waals surface area contributed by atoms with E-state index in [0.29, 0.717) is 17.5 Å². The average Bonchev–Trinajstić information content (AvgIpc) is 3.10. The second-order valence-corrected chi connectivity index (χ2v) is 5.11. The smallest absolute Gasteiger partial charge is 0.198 e. The number of allylic oxidation sites excluding steroid dienone is 1. The number of rotatable bonds is 2. The fourth-order valence-electron chi connectivity index (χ4n) is 2.48. The van der Waals surface area contributed by atoms with Gasteiger partial charge in [0.1, 0.15) is 0 Å². The quantitative estimate of drug-likeness (QED) is 0.591. The van der Waals surface area contributed by atoms with Crippen LogP contribution in [0.1, 0.15) is 41.0 Å². The molecule has 1 aromatic rings. The van der Waals surface area contributed by atoms with E-state index in [-0.39, 0.29) is 11.6 Å². The van der Waals surface area contributed by atoms with E-state index in [9.17, 15) is 9.59 Å². The third kappa shape index (κ3) is 1.40. The lowest BCUT2D eigenvalue weighted by Gasteiger charge is -2.17. The molecule has 18 heavy (non-hydrogen) atoms. The fourth-order valence-corrected chi connectivity index (χ4v) is 2.48. The van der Waals surface area contributed by atoms with Crippen LogP contribution in [-0.2, 0) is 4.74 Å². The molecule has 0 aromatic heterocycles. The summed E-state index contributed by atoms with van der Waals surface area (Å²) in [4.78, 5) is 24.6. The SMILES string of the molecule is CC(C)=CC[C@]12O[C@H]1C(=O)c1ccccc1C2=O. The van der Waals surface area contributed by atoms with E-state index in [2.05, 4.69) is 0 Å². The molecule has 1 heterocycles. The predicted octanol–water partition coefficient (Wildman–Crippen LogP) is 2.56. The van der Waals surface area contributed by atoms with Gasteiger partial charge in [-0.1, -0.05) is 35.9 Å². The maximum atomic E-state index is 12.4. The van der Waals surface area contributed by atoms with Gasteiger partial charge in [0.25, 0.3) is 0 Å². The van der Waals surface area contributed by atoms with Crippen molar-refractivity contribution in [3.8, 4) is 0 Å². The van der Waals surface area contributed by atoms with Gasteiger partial charge in [0, 0.05) is 17.5 Å². The van der Waals surface area contributed by atoms with Gasteiger partial charge < -0.3 is 4.74 Å². The number of Topliss-reactive ketones (excluding diaryl/α,β-unsaturated/α-hetero) is 2. The Morgan fingerprint density at radius 2 is 1.94 bits per heavy atom. The fraction of sp³-hybridized carbons (Fsp3) is 0.333. The van der Waals surface area contributed by atoms with Gasteiger partial charge in [-0.2, -0.15) is 0 Å². The highest BCUT2D eigenvalue weighted by Gasteiger charge is 2.68. The Labute approximate surface area is 105 Å². The van der Waals surface area contributed by atoms with E-state index < -0.39 is 11.7 Å². The monoisotopic (exact) mass is 242 g/mol. The molecule has 92 valence electrons. The second kappa shape index (κ2) is 3.62. The van der Waals surface area contributed by atoms with Crippen LogP contribution in [-0.4, -0.2) is 23.3 Å². The minimum Gasteiger partial charge on any atom is -0.348 e. The molecule has 0 bridgehead atoms. The first kappa shape index (κ1) is 11.4. The summed E-state index contributed by atoms with van der Waals surface area (Å²) in [6.45, 7) is 3.94. The molecule has 1 aliphatic heterocycles. The Morgan fingerprint density at radius 3 is 2.61 bits per heavy atom. The van der Waals surface area contributed by atoms with Crippen molar-refractivity contribution in [3.05, 3.63) is 47.0 Å². The van der Waals surface area contributed by atoms with Crippen LogP contribution in [0.15, 0.2) is 35.9 Å². The Balaban J connectivity index is 2.03. The van der Waals surface area contributed by atoms with Crippen molar-refractivity contribution in [2.75, 3.05) is 0 Å². The number of carbonyl (C=O) groups is 2. The van der Waals surface area contributed by atoms with Gasteiger partial charge in [-0.3, -0.25) is 9.59 Å². The Morgan fingerprint density at radius 1 is 1.28 bits per heavy atom. The van der Waals surface area contributed by atoms with E-state index in [1.165, 1.54) is 0 Å². The van der Waals surface area contributed by atoms with E-state index in [0.717, 1.165) is 5.57 Å². The molecule has 1 aliphatic carbocycles. The van der Waals surface area contributed by atoms with Gasteiger partial charge in [-0.15, -0.1) is 0 Å². The highest BCUT2D eigenvalue weighted by Crippen LogP contribution is 2.48. The lowest BCUT2D eigenvalue weighted by Crippen LogP contribution is -2.36. The molecular weight excluding hydrogens is 228 g/mol. The molecule has 0 unspecified atom stereocenters. The summed E-state index contributed by atoms with van der Waals surface area (Å²) in [6.07, 6.45) is 1.87. The Hall–Kier alpha value is -1.74. The predicted molar refractivity (Wildman–Crippen MR) is 66.8 cm³/mol. The van der Waals surface area contributed by atoms with Crippen molar-refractivity contribution in [2.45, 2.75) is 32.0 Å². The summed E-state index contributed by atoms with van der Waals surface area (Å²) in [6, 6.07) is 6.95. The van der Waals surface area contributed by atoms with Crippen LogP contribution in [0.25, 0.3) is 0 Å². The number of fused-ring (bicyclic) bond motifs is 2. The number of hydrogen-bond donors (Lipinski definition) is 0. The maximum absolute atomic E-state index is 12.4. The molecule has 0 spiro atoms. The summed E-state index contributed by atoms with van der Waals surface area (Å²) in [5.74, 6) is -0.118. The molecule has 0 amide bonds. The van der Waals surface area contributed by atoms with Crippen LogP contribution in [0.5, 0.6) is 0 Å². The molecule has 3 rings (SSSR count). The van der Waals surface area contributed by atoms with Crippen molar-refractivity contribution in [1.29, 1.82) is 0 Å². The first-order valence-corrected chi connectivity index (χ1v) is 6.05. The van der Waals surface area contributed by atoms with Crippen molar-refractivity contribution in [1.82, 2.24) is 0 Å². The van der Waals surface area contributed by atoms with Crippen molar-refractivity contribution < 1.29 is 14.3 Å². The number of ketones is 2. The van der Waals surface area contributed by atoms with Crippen LogP contribution in [0.3, 0.4) is 0 Å². The Kier molecular flexibility index (Phi) is 2.29. The topological polar surface area (TPSA) is 46.7 Å². The molecule has 0 N–H and O–H groups in total. The normalized spacial score (nSPS) is 28.4. The third-order valence-electron chi connectivity index (χ3n) is 3.57. The summed E-state index contributed by atoms with van der Waals surface area (Å²) in [5, 5.41) is 0. The van der Waals surface area contributed by atoms with Crippen molar-refractivity contribution in [3.63, 3.8) is 0 Å². The summed E-state index contributed by atoms with van der Waals surface area (Å²) < 4.78 is 5.48. The van der Waals surface area contributed by atoms with Gasteiger partial charge in [0.2, 0.25) is 0 Å². The van der Waals surface area contributed by atoms with Crippen LogP contribution >= 0.6 is 0 Å². The maximum Gasteiger partial charge on any atom is 0.198 e. The minimum absolute atomic E-state index is 0.0554. The van der Waals surface area contributed by atoms with Crippen molar-refractivity contribution >= 4 is 11.6 Å². The first-order chi connectivity index (χ1) is 8.56. The Bertz CT molecular complexity index is 581. The molecule has 2 aliphatic rings. The minimum atomic E-state index is -0.914. The van der Waals surface area contributed by atoms with Crippen LogP contribution < -0.4 is 0 Å². The zero-order valence-electron chi connectivity index (χ0n) is 10.4. The largest absolute Gasteiger partial charge is 0.348 e. The zero-order valence-corrected chi connectivity index (χ0v) is 10.4. The summed E-state index contributed by atoms with van der Waals surface area (Å²) in [7, 11) is 0. The lowest BCUT2D eigenvalue weighted by atomic mass is 9.80. The number of ether oxygens (including phenoxy) is 1. The average molecular weight is 242 g/mol. The van der Waals surface area contributed by atoms with Gasteiger partial charge in [0.05, 0.1) is 0 Å². The van der Waals surface area contributed by atoms with Crippen molar-refractivity contribution in [2.24, 2.45) is 0 Å². The number of hydrogen-bond acceptors (Lipinski definition) is 3. The molecule has 3 heteroatoms. The van der Waals surface area contributed by atoms with Gasteiger partial charge in [-0.25, -0.2) is 0 Å². The summed E-state index contributed by atoms with van der Waals surface area (Å²) in [5.41, 5.74) is 1.21. The van der Waals surface area contributed by atoms with E-state index >= 15 is 0 Å². The van der Waals surface area contributed by atoms with E-state index in [4.69, 9.17) is 4.74 Å². The molecule has 1 fully saturated rings. The molecule has 1 aromatic carbocycles. The van der Waals surface area contributed by atoms with Crippen LogP contribution in [0.4, 0.5) is 0 Å². The van der Waals surface area contributed by atoms with Crippen LogP contribution in [0, 0.1) is 0 Å². The lowest BCUT2D eigenvalue weighted by molar-refractivity contribution is 0.0862. The molecular formula is C15H14O3. The molecule has 0 radical (unpaired) electrons. The molecule has 3 nitrogen and oxygen atoms in total. The van der Waals surface area contributed by atoms with Gasteiger partial charge >= 0.3 is 0 Å². The standard InChI is InChI=1S/C15H14O3/c1-9(2)7-8-15-13(17)11-6-4-3-5-10(11)12(16)14(15)18-15/h3-7,14H,8H2,1-2H3/t14-,15+/m0/s1. The highest BCUT2D eigenvalue weighted by molar-refractivity contribution is 6.22. The molecule has 0 saturated carbocycles. The molecule has 2 atom stereocenters. The van der Waals surface area contributed by atoms with E-state index in [1.54, 1.807) is 24.3 Å². The highest BCUT2D eigenvalue weighted by atomic mass is 16.6. The van der Waals surface area contributed by atoms with Crippen LogP contribution in [0.2, 0.25) is 0 Å². The van der Waals surface area contributed by atoms with Gasteiger partial charge in [0.15, 0.2) is 23.3 Å². The first-order valence-electron chi connectivity index (χ1n) is 6.05. The molecule has 1 saturated heterocycles.